The number of carboxylic acid groups (broad SMARTS) is 1. The third-order valence-corrected chi connectivity index (χ3v) is 4.33. The van der Waals surface area contributed by atoms with Crippen LogP contribution in [-0.2, 0) is 16.0 Å². The number of ether oxygens (including phenoxy) is 1. The van der Waals surface area contributed by atoms with Crippen molar-refractivity contribution >= 4 is 17.9 Å². The lowest BCUT2D eigenvalue weighted by molar-refractivity contribution is -0.139. The first-order chi connectivity index (χ1) is 13.0. The molecule has 0 amide bonds. The van der Waals surface area contributed by atoms with E-state index in [0.717, 1.165) is 18.4 Å². The Kier molecular flexibility index (Phi) is 7.29. The van der Waals surface area contributed by atoms with Gasteiger partial charge in [-0.3, -0.25) is 4.79 Å². The fourth-order valence-corrected chi connectivity index (χ4v) is 3.02. The largest absolute Gasteiger partial charge is 0.478 e. The summed E-state index contributed by atoms with van der Waals surface area (Å²) < 4.78 is 5.07. The number of carbonyl (C=O) groups excluding carboxylic acids is 2. The van der Waals surface area contributed by atoms with Crippen LogP contribution >= 0.6 is 0 Å². The van der Waals surface area contributed by atoms with Crippen LogP contribution in [-0.4, -0.2) is 23.0 Å². The third kappa shape index (κ3) is 5.26. The number of benzene rings is 2. The summed E-state index contributed by atoms with van der Waals surface area (Å²) in [7, 11) is 0. The molecule has 0 fully saturated rings. The Morgan fingerprint density at radius 1 is 1.00 bits per heavy atom. The fourth-order valence-electron chi connectivity index (χ4n) is 3.02. The summed E-state index contributed by atoms with van der Waals surface area (Å²) in [6.45, 7) is 3.93. The molecule has 2 rings (SSSR count). The third-order valence-electron chi connectivity index (χ3n) is 4.33. The van der Waals surface area contributed by atoms with Crippen molar-refractivity contribution in [3.63, 3.8) is 0 Å². The highest BCUT2D eigenvalue weighted by Crippen LogP contribution is 2.28. The molecule has 0 saturated carbocycles. The van der Waals surface area contributed by atoms with Gasteiger partial charge in [-0.15, -0.1) is 0 Å². The number of carboxylic acids is 1. The molecule has 27 heavy (non-hydrogen) atoms. The highest BCUT2D eigenvalue weighted by atomic mass is 16.6. The molecule has 0 bridgehead atoms. The van der Waals surface area contributed by atoms with Crippen LogP contribution in [0.4, 0.5) is 0 Å². The Labute approximate surface area is 159 Å². The van der Waals surface area contributed by atoms with E-state index in [2.05, 4.69) is 0 Å². The summed E-state index contributed by atoms with van der Waals surface area (Å²) in [5.41, 5.74) is 1.71. The van der Waals surface area contributed by atoms with E-state index in [1.165, 1.54) is 6.07 Å². The van der Waals surface area contributed by atoms with E-state index >= 15 is 0 Å². The summed E-state index contributed by atoms with van der Waals surface area (Å²) in [5.74, 6) is -3.35. The van der Waals surface area contributed by atoms with Gasteiger partial charge in [0.25, 0.3) is 0 Å². The summed E-state index contributed by atoms with van der Waals surface area (Å²) in [4.78, 5) is 36.6. The number of aryl methyl sites for hydroxylation is 1. The molecular weight excluding hydrogens is 344 g/mol. The molecule has 0 aliphatic carbocycles. The van der Waals surface area contributed by atoms with Gasteiger partial charge in [0, 0.05) is 0 Å². The zero-order chi connectivity index (χ0) is 19.8. The van der Waals surface area contributed by atoms with Crippen molar-refractivity contribution in [2.24, 2.45) is 0 Å². The zero-order valence-electron chi connectivity index (χ0n) is 15.6. The minimum Gasteiger partial charge on any atom is -0.478 e. The second-order valence-electron chi connectivity index (χ2n) is 6.39. The smallest absolute Gasteiger partial charge is 0.345 e. The molecule has 0 aromatic heterocycles. The molecule has 0 spiro atoms. The number of carbonyl (C=O) groups is 3. The van der Waals surface area contributed by atoms with E-state index in [0.29, 0.717) is 18.4 Å². The summed E-state index contributed by atoms with van der Waals surface area (Å²) in [6.07, 6.45) is 2.73. The molecule has 1 unspecified atom stereocenters. The topological polar surface area (TPSA) is 80.7 Å². The summed E-state index contributed by atoms with van der Waals surface area (Å²) in [6, 6.07) is 13.3. The predicted octanol–water partition coefficient (Wildman–Crippen LogP) is 4.60. The van der Waals surface area contributed by atoms with Crippen molar-refractivity contribution in [3.05, 3.63) is 70.8 Å². The molecule has 5 nitrogen and oxygen atoms in total. The van der Waals surface area contributed by atoms with Crippen LogP contribution in [0, 0.1) is 0 Å². The first kappa shape index (κ1) is 20.4. The molecule has 0 radical (unpaired) electrons. The number of hydrogen-bond donors (Lipinski definition) is 1. The Hall–Kier alpha value is -2.95. The quantitative estimate of drug-likeness (QED) is 0.544. The van der Waals surface area contributed by atoms with E-state index in [9.17, 15) is 19.5 Å². The zero-order valence-corrected chi connectivity index (χ0v) is 15.6. The van der Waals surface area contributed by atoms with Gasteiger partial charge in [0.2, 0.25) is 0 Å². The first-order valence-corrected chi connectivity index (χ1v) is 9.15. The summed E-state index contributed by atoms with van der Waals surface area (Å²) in [5, 5.41) is 9.53. The molecule has 1 N–H and O–H groups in total. The van der Waals surface area contributed by atoms with E-state index in [4.69, 9.17) is 4.74 Å². The van der Waals surface area contributed by atoms with Gasteiger partial charge < -0.3 is 9.84 Å². The summed E-state index contributed by atoms with van der Waals surface area (Å²) >= 11 is 0. The number of esters is 2. The Balaban J connectivity index is 2.35. The average Bonchev–Trinajstić information content (AvgIpc) is 2.66. The molecule has 0 saturated heterocycles. The van der Waals surface area contributed by atoms with Crippen LogP contribution in [0.5, 0.6) is 0 Å². The second kappa shape index (κ2) is 9.67. The lowest BCUT2D eigenvalue weighted by atomic mass is 9.88. The van der Waals surface area contributed by atoms with Gasteiger partial charge in [-0.1, -0.05) is 57.0 Å². The van der Waals surface area contributed by atoms with E-state index < -0.39 is 23.8 Å². The average molecular weight is 368 g/mol. The van der Waals surface area contributed by atoms with Crippen LogP contribution in [0.15, 0.2) is 48.5 Å². The van der Waals surface area contributed by atoms with Gasteiger partial charge in [0.05, 0.1) is 17.0 Å². The Bertz CT molecular complexity index is 811. The van der Waals surface area contributed by atoms with Gasteiger partial charge in [-0.05, 0) is 42.2 Å². The van der Waals surface area contributed by atoms with Crippen molar-refractivity contribution in [1.82, 2.24) is 0 Å². The lowest BCUT2D eigenvalue weighted by Gasteiger charge is -2.18. The standard InChI is InChI=1S/C22H24O5/c1-3-8-15-12-13-17(20(23)24)19(14-15)18(9-4-2)22(26)27-21(25)16-10-6-5-7-11-16/h5-7,10-14,18H,3-4,8-9H2,1-2H3,(H,23,24). The van der Waals surface area contributed by atoms with Gasteiger partial charge >= 0.3 is 17.9 Å². The van der Waals surface area contributed by atoms with E-state index in [-0.39, 0.29) is 11.1 Å². The van der Waals surface area contributed by atoms with Gasteiger partial charge in [-0.25, -0.2) is 9.59 Å². The second-order valence-corrected chi connectivity index (χ2v) is 6.39. The monoisotopic (exact) mass is 368 g/mol. The van der Waals surface area contributed by atoms with E-state index in [1.54, 1.807) is 42.5 Å². The molecule has 1 atom stereocenters. The van der Waals surface area contributed by atoms with Gasteiger partial charge in [0.15, 0.2) is 0 Å². The van der Waals surface area contributed by atoms with Gasteiger partial charge in [0.1, 0.15) is 0 Å². The maximum atomic E-state index is 12.7. The van der Waals surface area contributed by atoms with Crippen molar-refractivity contribution in [3.8, 4) is 0 Å². The van der Waals surface area contributed by atoms with Crippen LogP contribution in [0.2, 0.25) is 0 Å². The van der Waals surface area contributed by atoms with Crippen molar-refractivity contribution in [1.29, 1.82) is 0 Å². The number of rotatable bonds is 8. The molecule has 0 aliphatic rings. The van der Waals surface area contributed by atoms with Crippen molar-refractivity contribution < 1.29 is 24.2 Å². The highest BCUT2D eigenvalue weighted by Gasteiger charge is 2.28. The fraction of sp³-hybridized carbons (Fsp3) is 0.318. The van der Waals surface area contributed by atoms with Crippen LogP contribution < -0.4 is 0 Å². The lowest BCUT2D eigenvalue weighted by Crippen LogP contribution is -2.22. The van der Waals surface area contributed by atoms with Crippen LogP contribution in [0.25, 0.3) is 0 Å². The molecule has 2 aromatic rings. The minimum absolute atomic E-state index is 0.0670. The molecule has 2 aromatic carbocycles. The molecule has 0 aliphatic heterocycles. The molecular formula is C22H24O5. The molecule has 142 valence electrons. The van der Waals surface area contributed by atoms with Crippen molar-refractivity contribution in [2.45, 2.75) is 45.4 Å². The molecule has 5 heteroatoms. The Morgan fingerprint density at radius 3 is 2.30 bits per heavy atom. The number of aromatic carboxylic acids is 1. The van der Waals surface area contributed by atoms with Crippen LogP contribution in [0.3, 0.4) is 0 Å². The first-order valence-electron chi connectivity index (χ1n) is 9.15. The highest BCUT2D eigenvalue weighted by molar-refractivity contribution is 5.99. The maximum Gasteiger partial charge on any atom is 0.345 e. The normalized spacial score (nSPS) is 11.6. The van der Waals surface area contributed by atoms with Gasteiger partial charge in [-0.2, -0.15) is 0 Å². The number of hydrogen-bond acceptors (Lipinski definition) is 4. The van der Waals surface area contributed by atoms with E-state index in [1.807, 2.05) is 13.8 Å². The SMILES string of the molecule is CCCc1ccc(C(=O)O)c(C(CCC)C(=O)OC(=O)c2ccccc2)c1. The van der Waals surface area contributed by atoms with Crippen molar-refractivity contribution in [2.75, 3.05) is 0 Å². The predicted molar refractivity (Wildman–Crippen MR) is 102 cm³/mol. The molecule has 0 heterocycles. The van der Waals surface area contributed by atoms with Crippen LogP contribution in [0.1, 0.15) is 70.9 Å². The Morgan fingerprint density at radius 2 is 1.70 bits per heavy atom. The maximum absolute atomic E-state index is 12.7. The minimum atomic E-state index is -1.10.